The van der Waals surface area contributed by atoms with Gasteiger partial charge in [-0.15, -0.1) is 0 Å². The highest BCUT2D eigenvalue weighted by Crippen LogP contribution is 2.33. The van der Waals surface area contributed by atoms with Gasteiger partial charge in [-0.3, -0.25) is 9.69 Å². The lowest BCUT2D eigenvalue weighted by molar-refractivity contribution is -0.145. The van der Waals surface area contributed by atoms with E-state index in [0.717, 1.165) is 37.7 Å². The average Bonchev–Trinajstić information content (AvgIpc) is 3.27. The van der Waals surface area contributed by atoms with Gasteiger partial charge in [-0.2, -0.15) is 0 Å². The van der Waals surface area contributed by atoms with Gasteiger partial charge in [-0.1, -0.05) is 33.6 Å². The van der Waals surface area contributed by atoms with Crippen LogP contribution in [0.15, 0.2) is 46.9 Å². The summed E-state index contributed by atoms with van der Waals surface area (Å²) in [5.74, 6) is 0.256. The molecule has 0 bridgehead atoms. The van der Waals surface area contributed by atoms with Crippen LogP contribution < -0.4 is 4.74 Å². The number of hydrogen-bond acceptors (Lipinski definition) is 4. The number of rotatable bonds is 7. The number of hydrogen-bond donors (Lipinski definition) is 2. The molecule has 4 aromatic rings. The maximum Gasteiger partial charge on any atom is 0.320 e. The molecule has 2 N–H and O–H groups in total. The van der Waals surface area contributed by atoms with Gasteiger partial charge in [0.15, 0.2) is 0 Å². The van der Waals surface area contributed by atoms with E-state index in [1.807, 2.05) is 38.4 Å². The first kappa shape index (κ1) is 20.8. The van der Waals surface area contributed by atoms with Crippen LogP contribution in [0, 0.1) is 0 Å². The van der Waals surface area contributed by atoms with E-state index in [9.17, 15) is 4.79 Å². The summed E-state index contributed by atoms with van der Waals surface area (Å²) in [6.45, 7) is 0.638. The second kappa shape index (κ2) is 8.71. The normalized spacial score (nSPS) is 11.5. The summed E-state index contributed by atoms with van der Waals surface area (Å²) in [5.41, 5.74) is 3.92. The van der Waals surface area contributed by atoms with Gasteiger partial charge < -0.3 is 19.4 Å². The Morgan fingerprint density at radius 2 is 1.70 bits per heavy atom. The summed E-state index contributed by atoms with van der Waals surface area (Å²) in [7, 11) is 3.62. The SMILES string of the molecule is CN(C)CC(=O)OCCOc1cc2[nH]c(-c3cc4ccc(Br)cc4[nH]3)cc2cc1Cl. The highest BCUT2D eigenvalue weighted by molar-refractivity contribution is 9.10. The van der Waals surface area contributed by atoms with Crippen molar-refractivity contribution >= 4 is 55.3 Å². The summed E-state index contributed by atoms with van der Waals surface area (Å²) in [6.07, 6.45) is 0. The summed E-state index contributed by atoms with van der Waals surface area (Å²) >= 11 is 9.88. The molecule has 0 aliphatic rings. The number of carbonyl (C=O) groups excluding carboxylic acids is 1. The number of carbonyl (C=O) groups is 1. The molecule has 0 saturated carbocycles. The number of esters is 1. The van der Waals surface area contributed by atoms with Gasteiger partial charge in [-0.05, 0) is 44.4 Å². The Morgan fingerprint density at radius 1 is 1.00 bits per heavy atom. The first-order valence-electron chi connectivity index (χ1n) is 9.43. The molecule has 8 heteroatoms. The molecule has 30 heavy (non-hydrogen) atoms. The average molecular weight is 491 g/mol. The van der Waals surface area contributed by atoms with E-state index in [2.05, 4.69) is 44.1 Å². The maximum absolute atomic E-state index is 11.6. The first-order chi connectivity index (χ1) is 14.4. The molecule has 0 atom stereocenters. The van der Waals surface area contributed by atoms with E-state index in [0.29, 0.717) is 10.8 Å². The minimum atomic E-state index is -0.287. The summed E-state index contributed by atoms with van der Waals surface area (Å²) in [6, 6.07) is 14.0. The highest BCUT2D eigenvalue weighted by atomic mass is 79.9. The van der Waals surface area contributed by atoms with Gasteiger partial charge in [0, 0.05) is 32.3 Å². The van der Waals surface area contributed by atoms with Gasteiger partial charge in [0.1, 0.15) is 19.0 Å². The van der Waals surface area contributed by atoms with Crippen molar-refractivity contribution < 1.29 is 14.3 Å². The molecule has 6 nitrogen and oxygen atoms in total. The number of fused-ring (bicyclic) bond motifs is 2. The molecule has 2 aromatic carbocycles. The van der Waals surface area contributed by atoms with E-state index < -0.39 is 0 Å². The first-order valence-corrected chi connectivity index (χ1v) is 10.6. The number of H-pyrrole nitrogens is 2. The molecule has 0 aliphatic heterocycles. The Hall–Kier alpha value is -2.48. The highest BCUT2D eigenvalue weighted by Gasteiger charge is 2.11. The van der Waals surface area contributed by atoms with E-state index in [4.69, 9.17) is 21.1 Å². The smallest absolute Gasteiger partial charge is 0.320 e. The zero-order chi connectivity index (χ0) is 21.3. The minimum absolute atomic E-state index is 0.168. The van der Waals surface area contributed by atoms with Gasteiger partial charge in [0.2, 0.25) is 0 Å². The fourth-order valence-electron chi connectivity index (χ4n) is 3.24. The van der Waals surface area contributed by atoms with Gasteiger partial charge in [-0.25, -0.2) is 0 Å². The maximum atomic E-state index is 11.6. The van der Waals surface area contributed by atoms with Gasteiger partial charge in [0.25, 0.3) is 0 Å². The van der Waals surface area contributed by atoms with Crippen LogP contribution in [-0.4, -0.2) is 54.7 Å². The molecule has 0 saturated heterocycles. The number of benzene rings is 2. The van der Waals surface area contributed by atoms with Crippen LogP contribution in [0.3, 0.4) is 0 Å². The largest absolute Gasteiger partial charge is 0.488 e. The monoisotopic (exact) mass is 489 g/mol. The minimum Gasteiger partial charge on any atom is -0.488 e. The number of nitrogens with one attached hydrogen (secondary N) is 2. The van der Waals surface area contributed by atoms with Crippen LogP contribution in [0.25, 0.3) is 33.2 Å². The van der Waals surface area contributed by atoms with Crippen molar-refractivity contribution in [2.24, 2.45) is 0 Å². The van der Waals surface area contributed by atoms with Crippen molar-refractivity contribution in [3.05, 3.63) is 52.0 Å². The number of halogens is 2. The summed E-state index contributed by atoms with van der Waals surface area (Å²) in [5, 5.41) is 2.63. The van der Waals surface area contributed by atoms with Crippen molar-refractivity contribution in [1.29, 1.82) is 0 Å². The third-order valence-electron chi connectivity index (χ3n) is 4.60. The topological polar surface area (TPSA) is 70.3 Å². The molecule has 0 radical (unpaired) electrons. The lowest BCUT2D eigenvalue weighted by Crippen LogP contribution is -2.25. The molecule has 0 aliphatic carbocycles. The number of likely N-dealkylation sites (N-methyl/N-ethyl adjacent to an activating group) is 1. The Morgan fingerprint density at radius 3 is 2.43 bits per heavy atom. The Bertz CT molecular complexity index is 1220. The van der Waals surface area contributed by atoms with E-state index in [1.54, 1.807) is 4.90 Å². The standard InChI is InChI=1S/C22H21BrClN3O3/c1-27(2)12-22(28)30-6-5-29-21-11-18-14(7-16(21)24)9-20(26-18)19-8-13-3-4-15(23)10-17(13)25-19/h3-4,7-11,25-26H,5-6,12H2,1-2H3. The summed E-state index contributed by atoms with van der Waals surface area (Å²) < 4.78 is 11.9. The second-order valence-corrected chi connectivity index (χ2v) is 8.60. The lowest BCUT2D eigenvalue weighted by atomic mass is 10.2. The lowest BCUT2D eigenvalue weighted by Gasteiger charge is -2.11. The fraction of sp³-hybridized carbons (Fsp3) is 0.227. The molecule has 4 rings (SSSR count). The zero-order valence-corrected chi connectivity index (χ0v) is 18.9. The number of nitrogens with zero attached hydrogens (tertiary/aromatic N) is 1. The van der Waals surface area contributed by atoms with Crippen molar-refractivity contribution in [1.82, 2.24) is 14.9 Å². The fourth-order valence-corrected chi connectivity index (χ4v) is 3.83. The molecule has 0 amide bonds. The predicted molar refractivity (Wildman–Crippen MR) is 123 cm³/mol. The van der Waals surface area contributed by atoms with Gasteiger partial charge in [0.05, 0.1) is 23.0 Å². The van der Waals surface area contributed by atoms with Crippen molar-refractivity contribution in [3.63, 3.8) is 0 Å². The molecule has 0 unspecified atom stereocenters. The molecular weight excluding hydrogens is 470 g/mol. The van der Waals surface area contributed by atoms with Crippen LogP contribution in [0.1, 0.15) is 0 Å². The summed E-state index contributed by atoms with van der Waals surface area (Å²) in [4.78, 5) is 20.2. The van der Waals surface area contributed by atoms with Crippen LogP contribution in [-0.2, 0) is 9.53 Å². The number of aromatic amines is 2. The quantitative estimate of drug-likeness (QED) is 0.275. The molecule has 2 aromatic heterocycles. The zero-order valence-electron chi connectivity index (χ0n) is 16.6. The Balaban J connectivity index is 1.49. The van der Waals surface area contributed by atoms with Crippen molar-refractivity contribution in [2.75, 3.05) is 33.9 Å². The molecular formula is C22H21BrClN3O3. The molecule has 0 fully saturated rings. The van der Waals surface area contributed by atoms with E-state index in [1.165, 1.54) is 0 Å². The second-order valence-electron chi connectivity index (χ2n) is 7.27. The third-order valence-corrected chi connectivity index (χ3v) is 5.39. The van der Waals surface area contributed by atoms with E-state index >= 15 is 0 Å². The van der Waals surface area contributed by atoms with Gasteiger partial charge >= 0.3 is 5.97 Å². The van der Waals surface area contributed by atoms with E-state index in [-0.39, 0.29) is 25.7 Å². The Labute approximate surface area is 187 Å². The van der Waals surface area contributed by atoms with Crippen molar-refractivity contribution in [3.8, 4) is 17.1 Å². The van der Waals surface area contributed by atoms with Crippen molar-refractivity contribution in [2.45, 2.75) is 0 Å². The Kier molecular flexibility index (Phi) is 6.04. The molecule has 0 spiro atoms. The van der Waals surface area contributed by atoms with Crippen LogP contribution in [0.5, 0.6) is 5.75 Å². The number of aromatic nitrogens is 2. The third kappa shape index (κ3) is 4.64. The molecule has 156 valence electrons. The van der Waals surface area contributed by atoms with Crippen LogP contribution in [0.2, 0.25) is 5.02 Å². The van der Waals surface area contributed by atoms with Crippen LogP contribution in [0.4, 0.5) is 0 Å². The molecule has 2 heterocycles. The van der Waals surface area contributed by atoms with Crippen LogP contribution >= 0.6 is 27.5 Å². The predicted octanol–water partition coefficient (Wildman–Crippen LogP) is 5.22. The number of ether oxygens (including phenoxy) is 2.